The molecular weight excluding hydrogens is 356 g/mol. The Morgan fingerprint density at radius 1 is 1.18 bits per heavy atom. The van der Waals surface area contributed by atoms with Gasteiger partial charge in [0.05, 0.1) is 25.0 Å². The number of aromatic amines is 1. The molecule has 28 heavy (non-hydrogen) atoms. The van der Waals surface area contributed by atoms with E-state index in [1.807, 2.05) is 6.07 Å². The van der Waals surface area contributed by atoms with Crippen LogP contribution in [0.4, 0.5) is 0 Å². The van der Waals surface area contributed by atoms with E-state index in [9.17, 15) is 9.59 Å². The first-order chi connectivity index (χ1) is 13.5. The van der Waals surface area contributed by atoms with Crippen molar-refractivity contribution >= 4 is 11.7 Å². The second kappa shape index (κ2) is 7.26. The summed E-state index contributed by atoms with van der Waals surface area (Å²) in [6.07, 6.45) is 2.38. The van der Waals surface area contributed by atoms with E-state index in [0.29, 0.717) is 36.5 Å². The fraction of sp³-hybridized carbons (Fsp3) is 0.238. The molecule has 3 heterocycles. The lowest BCUT2D eigenvalue weighted by molar-refractivity contribution is 0.0732. The van der Waals surface area contributed by atoms with Crippen LogP contribution in [-0.4, -0.2) is 45.2 Å². The quantitative estimate of drug-likeness (QED) is 0.708. The monoisotopic (exact) mass is 376 g/mol. The molecule has 0 fully saturated rings. The Hall–Kier alpha value is -3.48. The lowest BCUT2D eigenvalue weighted by atomic mass is 10.1. The first-order valence-electron chi connectivity index (χ1n) is 9.03. The molecule has 0 atom stereocenters. The molecule has 1 aliphatic rings. The second-order valence-corrected chi connectivity index (χ2v) is 6.71. The molecule has 0 spiro atoms. The van der Waals surface area contributed by atoms with Gasteiger partial charge in [0.1, 0.15) is 5.82 Å². The van der Waals surface area contributed by atoms with Gasteiger partial charge in [0.15, 0.2) is 5.78 Å². The van der Waals surface area contributed by atoms with Crippen LogP contribution in [-0.2, 0) is 13.0 Å². The average molecular weight is 376 g/mol. The van der Waals surface area contributed by atoms with Crippen LogP contribution in [0.1, 0.15) is 39.0 Å². The van der Waals surface area contributed by atoms with E-state index in [4.69, 9.17) is 4.74 Å². The van der Waals surface area contributed by atoms with E-state index < -0.39 is 0 Å². The molecule has 0 bridgehead atoms. The molecule has 7 nitrogen and oxygen atoms in total. The number of carbonyl (C=O) groups excluding carboxylic acids is 2. The van der Waals surface area contributed by atoms with Gasteiger partial charge < -0.3 is 14.6 Å². The number of Topliss-reactive ketones (excluding diaryl/α,β-unsaturated/α-hetero) is 1. The molecule has 0 radical (unpaired) electrons. The van der Waals surface area contributed by atoms with Gasteiger partial charge in [-0.1, -0.05) is 12.1 Å². The van der Waals surface area contributed by atoms with Crippen molar-refractivity contribution in [2.24, 2.45) is 0 Å². The molecule has 2 aromatic heterocycles. The number of ether oxygens (including phenoxy) is 1. The highest BCUT2D eigenvalue weighted by atomic mass is 16.5. The number of hydrogen-bond acceptors (Lipinski definition) is 5. The number of methoxy groups -OCH3 is 1. The third-order valence-electron chi connectivity index (χ3n) is 4.85. The molecule has 1 amide bonds. The number of pyridine rings is 1. The molecule has 1 N–H and O–H groups in total. The first-order valence-corrected chi connectivity index (χ1v) is 9.03. The minimum Gasteiger partial charge on any atom is -0.481 e. The van der Waals surface area contributed by atoms with Crippen molar-refractivity contribution in [1.82, 2.24) is 19.9 Å². The van der Waals surface area contributed by atoms with Crippen molar-refractivity contribution < 1.29 is 14.3 Å². The molecule has 3 aromatic rings. The number of rotatable bonds is 4. The van der Waals surface area contributed by atoms with Gasteiger partial charge in [-0.05, 0) is 25.1 Å². The van der Waals surface area contributed by atoms with Crippen molar-refractivity contribution in [3.8, 4) is 17.3 Å². The second-order valence-electron chi connectivity index (χ2n) is 6.71. The van der Waals surface area contributed by atoms with Gasteiger partial charge in [-0.2, -0.15) is 0 Å². The summed E-state index contributed by atoms with van der Waals surface area (Å²) in [4.78, 5) is 38.4. The van der Waals surface area contributed by atoms with Crippen LogP contribution in [0.2, 0.25) is 0 Å². The number of amides is 1. The third kappa shape index (κ3) is 3.38. The summed E-state index contributed by atoms with van der Waals surface area (Å²) >= 11 is 0. The van der Waals surface area contributed by atoms with Gasteiger partial charge in [-0.25, -0.2) is 9.97 Å². The first kappa shape index (κ1) is 17.9. The zero-order valence-electron chi connectivity index (χ0n) is 15.7. The molecule has 7 heteroatoms. The fourth-order valence-corrected chi connectivity index (χ4v) is 3.30. The maximum atomic E-state index is 12.9. The SMILES string of the molecule is COc1ccc(-c2nc3c([nH]2)CN(C(=O)c2cccc(C(C)=O)c2)CC3)cn1. The molecule has 0 saturated carbocycles. The molecule has 142 valence electrons. The molecule has 0 unspecified atom stereocenters. The summed E-state index contributed by atoms with van der Waals surface area (Å²) in [6.45, 7) is 2.53. The molecule has 1 aromatic carbocycles. The van der Waals surface area contributed by atoms with Crippen LogP contribution < -0.4 is 4.74 Å². The Morgan fingerprint density at radius 3 is 2.71 bits per heavy atom. The largest absolute Gasteiger partial charge is 0.481 e. The standard InChI is InChI=1S/C21H20N4O3/c1-13(26)14-4-3-5-15(10-14)21(27)25-9-8-17-18(12-25)24-20(23-17)16-6-7-19(28-2)22-11-16/h3-7,10-11H,8-9,12H2,1-2H3,(H,23,24). The lowest BCUT2D eigenvalue weighted by Gasteiger charge is -2.26. The van der Waals surface area contributed by atoms with E-state index in [1.54, 1.807) is 48.5 Å². The highest BCUT2D eigenvalue weighted by molar-refractivity contribution is 5.99. The lowest BCUT2D eigenvalue weighted by Crippen LogP contribution is -2.36. The number of nitrogens with one attached hydrogen (secondary N) is 1. The van der Waals surface area contributed by atoms with Gasteiger partial charge in [-0.15, -0.1) is 0 Å². The number of fused-ring (bicyclic) bond motifs is 1. The summed E-state index contributed by atoms with van der Waals surface area (Å²) in [7, 11) is 1.57. The summed E-state index contributed by atoms with van der Waals surface area (Å²) in [5.41, 5.74) is 3.82. The number of carbonyl (C=O) groups is 2. The van der Waals surface area contributed by atoms with Crippen LogP contribution >= 0.6 is 0 Å². The molecule has 0 aliphatic carbocycles. The van der Waals surface area contributed by atoms with Gasteiger partial charge in [0.2, 0.25) is 5.88 Å². The fourth-order valence-electron chi connectivity index (χ4n) is 3.30. The molecular formula is C21H20N4O3. The Morgan fingerprint density at radius 2 is 2.00 bits per heavy atom. The van der Waals surface area contributed by atoms with Crippen molar-refractivity contribution in [1.29, 1.82) is 0 Å². The number of nitrogens with zero attached hydrogens (tertiary/aromatic N) is 3. The number of ketones is 1. The smallest absolute Gasteiger partial charge is 0.254 e. The van der Waals surface area contributed by atoms with Gasteiger partial charge in [-0.3, -0.25) is 9.59 Å². The van der Waals surface area contributed by atoms with Crippen LogP contribution in [0.15, 0.2) is 42.6 Å². The minimum atomic E-state index is -0.0870. The topological polar surface area (TPSA) is 88.2 Å². The minimum absolute atomic E-state index is 0.0538. The molecule has 4 rings (SSSR count). The zero-order chi connectivity index (χ0) is 19.7. The van der Waals surface area contributed by atoms with Crippen LogP contribution in [0, 0.1) is 0 Å². The van der Waals surface area contributed by atoms with Gasteiger partial charge in [0.25, 0.3) is 5.91 Å². The van der Waals surface area contributed by atoms with E-state index >= 15 is 0 Å². The number of H-pyrrole nitrogens is 1. The average Bonchev–Trinajstić information content (AvgIpc) is 3.16. The highest BCUT2D eigenvalue weighted by Gasteiger charge is 2.25. The normalized spacial score (nSPS) is 13.1. The number of benzene rings is 1. The maximum Gasteiger partial charge on any atom is 0.254 e. The van der Waals surface area contributed by atoms with Crippen LogP contribution in [0.25, 0.3) is 11.4 Å². The summed E-state index contributed by atoms with van der Waals surface area (Å²) in [6, 6.07) is 10.5. The van der Waals surface area contributed by atoms with Crippen molar-refractivity contribution in [2.45, 2.75) is 19.9 Å². The maximum absolute atomic E-state index is 12.9. The molecule has 1 aliphatic heterocycles. The van der Waals surface area contributed by atoms with Crippen molar-refractivity contribution in [2.75, 3.05) is 13.7 Å². The number of imidazole rings is 1. The van der Waals surface area contributed by atoms with E-state index in [-0.39, 0.29) is 11.7 Å². The number of aromatic nitrogens is 3. The van der Waals surface area contributed by atoms with E-state index in [1.165, 1.54) is 6.92 Å². The predicted molar refractivity (Wildman–Crippen MR) is 103 cm³/mol. The Balaban J connectivity index is 1.54. The Kier molecular flexibility index (Phi) is 4.65. The van der Waals surface area contributed by atoms with Crippen LogP contribution in [0.3, 0.4) is 0 Å². The summed E-state index contributed by atoms with van der Waals surface area (Å²) in [5.74, 6) is 1.13. The van der Waals surface area contributed by atoms with Gasteiger partial charge in [0, 0.05) is 41.9 Å². The highest BCUT2D eigenvalue weighted by Crippen LogP contribution is 2.24. The zero-order valence-corrected chi connectivity index (χ0v) is 15.7. The Bertz CT molecular complexity index is 1040. The van der Waals surface area contributed by atoms with Crippen molar-refractivity contribution in [3.63, 3.8) is 0 Å². The van der Waals surface area contributed by atoms with Crippen molar-refractivity contribution in [3.05, 3.63) is 65.1 Å². The molecule has 0 saturated heterocycles. The van der Waals surface area contributed by atoms with Crippen LogP contribution in [0.5, 0.6) is 5.88 Å². The number of hydrogen-bond donors (Lipinski definition) is 1. The van der Waals surface area contributed by atoms with E-state index in [0.717, 1.165) is 22.8 Å². The summed E-state index contributed by atoms with van der Waals surface area (Å²) in [5, 5.41) is 0. The Labute approximate surface area is 162 Å². The van der Waals surface area contributed by atoms with Gasteiger partial charge >= 0.3 is 0 Å². The predicted octanol–water partition coefficient (Wildman–Crippen LogP) is 2.88. The summed E-state index contributed by atoms with van der Waals surface area (Å²) < 4.78 is 5.08. The van der Waals surface area contributed by atoms with E-state index in [2.05, 4.69) is 15.0 Å². The third-order valence-corrected chi connectivity index (χ3v) is 4.85.